The number of aliphatic hydroxyl groups is 1. The first-order valence-electron chi connectivity index (χ1n) is 14.6. The summed E-state index contributed by atoms with van der Waals surface area (Å²) in [5, 5.41) is 13.8. The zero-order valence-electron chi connectivity index (χ0n) is 24.3. The topological polar surface area (TPSA) is 80.6 Å². The molecule has 4 heterocycles. The molecule has 1 radical (unpaired) electrons. The van der Waals surface area contributed by atoms with Crippen molar-refractivity contribution in [1.82, 2.24) is 14.4 Å². The fourth-order valence-corrected chi connectivity index (χ4v) is 5.96. The summed E-state index contributed by atoms with van der Waals surface area (Å²) >= 11 is 0. The molecule has 3 aromatic carbocycles. The van der Waals surface area contributed by atoms with E-state index in [0.717, 1.165) is 86.1 Å². The van der Waals surface area contributed by atoms with Crippen LogP contribution in [0.2, 0.25) is 0 Å². The Morgan fingerprint density at radius 1 is 0.929 bits per heavy atom. The first-order valence-corrected chi connectivity index (χ1v) is 14.6. The molecule has 0 bridgehead atoms. The minimum Gasteiger partial charge on any atom is -0.512 e. The summed E-state index contributed by atoms with van der Waals surface area (Å²) in [7, 11) is 0. The van der Waals surface area contributed by atoms with E-state index in [1.807, 2.05) is 70.3 Å². The standard InChI is InChI=1S/C22H10N3O.C13H24O2.Ir/c1-2-6-13-12(5-1)11-15-18-14(7-4-10-23-18)22-24-16-8-3-9-17-20(16)25(22)19(15)21(13)26-17;1-5-10(6-2)12(14)9-13(15)11(7-3)8-4;/h1-10H;9-11,14H,5-8H2,1-4H3;/q-1;;/b;12-9-;. The van der Waals surface area contributed by atoms with Crippen LogP contribution < -0.4 is 0 Å². The van der Waals surface area contributed by atoms with E-state index in [2.05, 4.69) is 33.7 Å². The number of para-hydroxylation sites is 1. The molecular formula is C35H34IrN3O3-. The molecule has 0 saturated carbocycles. The van der Waals surface area contributed by atoms with Gasteiger partial charge in [-0.2, -0.15) is 0 Å². The van der Waals surface area contributed by atoms with Gasteiger partial charge in [0.1, 0.15) is 11.2 Å². The predicted molar refractivity (Wildman–Crippen MR) is 167 cm³/mol. The Hall–Kier alpha value is -3.80. The number of imidazole rings is 1. The third-order valence-electron chi connectivity index (χ3n) is 8.33. The Kier molecular flexibility index (Phi) is 8.63. The Bertz CT molecular complexity index is 2040. The molecule has 7 heteroatoms. The second-order valence-corrected chi connectivity index (χ2v) is 10.6. The van der Waals surface area contributed by atoms with Crippen LogP contribution in [0.3, 0.4) is 0 Å². The molecular weight excluding hydrogens is 703 g/mol. The van der Waals surface area contributed by atoms with Crippen LogP contribution in [0.1, 0.15) is 53.4 Å². The number of aromatic nitrogens is 3. The van der Waals surface area contributed by atoms with Gasteiger partial charge in [0.05, 0.1) is 16.9 Å². The molecule has 0 unspecified atom stereocenters. The minimum atomic E-state index is 0. The van der Waals surface area contributed by atoms with Gasteiger partial charge < -0.3 is 13.9 Å². The molecule has 0 spiro atoms. The third-order valence-corrected chi connectivity index (χ3v) is 8.33. The van der Waals surface area contributed by atoms with Crippen LogP contribution in [-0.2, 0) is 24.9 Å². The van der Waals surface area contributed by atoms with Gasteiger partial charge in [-0.05, 0) is 49.3 Å². The van der Waals surface area contributed by atoms with Crippen LogP contribution in [0.15, 0.2) is 77.0 Å². The van der Waals surface area contributed by atoms with Gasteiger partial charge in [0.15, 0.2) is 11.4 Å². The van der Waals surface area contributed by atoms with Crippen molar-refractivity contribution < 1.29 is 34.4 Å². The molecule has 4 aromatic heterocycles. The predicted octanol–water partition coefficient (Wildman–Crippen LogP) is 9.19. The second kappa shape index (κ2) is 12.2. The number of rotatable bonds is 7. The van der Waals surface area contributed by atoms with Gasteiger partial charge >= 0.3 is 0 Å². The molecule has 0 aliphatic heterocycles. The van der Waals surface area contributed by atoms with Crippen molar-refractivity contribution in [2.75, 3.05) is 0 Å². The molecule has 42 heavy (non-hydrogen) atoms. The number of carbonyl (C=O) groups is 1. The number of fused-ring (bicyclic) bond motifs is 5. The van der Waals surface area contributed by atoms with Gasteiger partial charge in [0, 0.05) is 60.6 Å². The summed E-state index contributed by atoms with van der Waals surface area (Å²) in [5.74, 6) is 0.547. The summed E-state index contributed by atoms with van der Waals surface area (Å²) in [6.45, 7) is 8.07. The van der Waals surface area contributed by atoms with Crippen molar-refractivity contribution in [3.05, 3.63) is 78.7 Å². The molecule has 0 aliphatic rings. The average Bonchev–Trinajstić information content (AvgIpc) is 3.40. The number of benzene rings is 3. The molecule has 1 N–H and O–H groups in total. The van der Waals surface area contributed by atoms with Crippen LogP contribution in [-0.4, -0.2) is 25.3 Å². The Morgan fingerprint density at radius 3 is 2.38 bits per heavy atom. The monoisotopic (exact) mass is 737 g/mol. The van der Waals surface area contributed by atoms with Gasteiger partial charge in [0.2, 0.25) is 0 Å². The summed E-state index contributed by atoms with van der Waals surface area (Å²) in [6, 6.07) is 21.8. The van der Waals surface area contributed by atoms with Gasteiger partial charge in [-0.3, -0.25) is 9.78 Å². The van der Waals surface area contributed by atoms with Crippen molar-refractivity contribution in [3.8, 4) is 0 Å². The number of hydrogen-bond acceptors (Lipinski definition) is 5. The van der Waals surface area contributed by atoms with Gasteiger partial charge in [0.25, 0.3) is 0 Å². The number of nitrogens with zero attached hydrogens (tertiary/aromatic N) is 3. The van der Waals surface area contributed by atoms with E-state index < -0.39 is 0 Å². The van der Waals surface area contributed by atoms with E-state index in [1.165, 1.54) is 6.08 Å². The Balaban J connectivity index is 0.000000193. The van der Waals surface area contributed by atoms with E-state index in [9.17, 15) is 9.90 Å². The molecule has 0 fully saturated rings. The largest absolute Gasteiger partial charge is 0.512 e. The molecule has 217 valence electrons. The maximum atomic E-state index is 11.7. The van der Waals surface area contributed by atoms with Crippen molar-refractivity contribution in [3.63, 3.8) is 0 Å². The molecule has 0 amide bonds. The normalized spacial score (nSPS) is 12.3. The number of aliphatic hydroxyl groups excluding tert-OH is 1. The van der Waals surface area contributed by atoms with Crippen LogP contribution in [0.4, 0.5) is 0 Å². The summed E-state index contributed by atoms with van der Waals surface area (Å²) in [4.78, 5) is 21.3. The smallest absolute Gasteiger partial charge is 0.162 e. The fraction of sp³-hybridized carbons (Fsp3) is 0.286. The molecule has 6 nitrogen and oxygen atoms in total. The second-order valence-electron chi connectivity index (χ2n) is 10.6. The van der Waals surface area contributed by atoms with Crippen LogP contribution in [0.25, 0.3) is 60.4 Å². The Labute approximate surface area is 258 Å². The van der Waals surface area contributed by atoms with E-state index in [4.69, 9.17) is 9.40 Å². The van der Waals surface area contributed by atoms with E-state index in [-0.39, 0.29) is 43.5 Å². The van der Waals surface area contributed by atoms with Gasteiger partial charge in [-0.15, -0.1) is 17.5 Å². The molecule has 0 atom stereocenters. The Morgan fingerprint density at radius 2 is 1.64 bits per heavy atom. The summed E-state index contributed by atoms with van der Waals surface area (Å²) in [6.07, 6.45) is 6.73. The van der Waals surface area contributed by atoms with Crippen molar-refractivity contribution in [2.24, 2.45) is 11.8 Å². The minimum absolute atomic E-state index is 0. The molecule has 7 aromatic rings. The number of ketones is 1. The fourth-order valence-electron chi connectivity index (χ4n) is 5.96. The van der Waals surface area contributed by atoms with E-state index in [1.54, 1.807) is 0 Å². The van der Waals surface area contributed by atoms with Crippen molar-refractivity contribution >= 4 is 66.2 Å². The molecule has 0 aliphatic carbocycles. The van der Waals surface area contributed by atoms with E-state index in [0.29, 0.717) is 0 Å². The quantitative estimate of drug-likeness (QED) is 0.0581. The number of allylic oxidation sites excluding steroid dienone is 2. The first kappa shape index (κ1) is 29.7. The van der Waals surface area contributed by atoms with Crippen LogP contribution in [0.5, 0.6) is 0 Å². The average molecular weight is 737 g/mol. The van der Waals surface area contributed by atoms with Gasteiger partial charge in [-0.25, -0.2) is 4.98 Å². The third kappa shape index (κ3) is 4.85. The van der Waals surface area contributed by atoms with Crippen LogP contribution in [0, 0.1) is 17.9 Å². The number of carbonyl (C=O) groups excluding carboxylic acids is 1. The van der Waals surface area contributed by atoms with Crippen molar-refractivity contribution in [2.45, 2.75) is 53.4 Å². The van der Waals surface area contributed by atoms with Crippen LogP contribution >= 0.6 is 0 Å². The SMILES string of the molecule is CCC(CC)C(=O)/C=C(\O)C(CC)CC.[Ir].[c-]1c2ccccc2c2oc3cccc4nc5c6cccnc6c1c2n5c43. The molecule has 7 rings (SSSR count). The molecule has 0 saturated heterocycles. The van der Waals surface area contributed by atoms with E-state index >= 15 is 0 Å². The summed E-state index contributed by atoms with van der Waals surface area (Å²) in [5.41, 5.74) is 6.44. The van der Waals surface area contributed by atoms with Gasteiger partial charge in [-0.1, -0.05) is 63.4 Å². The maximum Gasteiger partial charge on any atom is 0.162 e. The zero-order valence-corrected chi connectivity index (χ0v) is 26.7. The maximum absolute atomic E-state index is 11.7. The summed E-state index contributed by atoms with van der Waals surface area (Å²) < 4.78 is 8.61. The first-order chi connectivity index (χ1) is 20.0. The number of hydrogen-bond donors (Lipinski definition) is 1. The zero-order chi connectivity index (χ0) is 28.7. The van der Waals surface area contributed by atoms with Crippen molar-refractivity contribution in [1.29, 1.82) is 0 Å². The number of pyridine rings is 2.